The van der Waals surface area contributed by atoms with Gasteiger partial charge in [-0.1, -0.05) is 37.8 Å². The Balaban J connectivity index is 1.87. The number of carbonyl (C=O) groups excluding carboxylic acids is 2. The van der Waals surface area contributed by atoms with Crippen LogP contribution in [0, 0.1) is 0 Å². The molecule has 1 heterocycles. The molecule has 20 heavy (non-hydrogen) atoms. The number of hydrogen-bond donors (Lipinski definition) is 1. The molecule has 0 aromatic carbocycles. The van der Waals surface area contributed by atoms with E-state index in [0.717, 1.165) is 12.8 Å². The molecule has 1 saturated heterocycles. The molecule has 4 nitrogen and oxygen atoms in total. The molecule has 1 aliphatic rings. The second-order valence-electron chi connectivity index (χ2n) is 5.31. The van der Waals surface area contributed by atoms with Crippen LogP contribution in [0.4, 0.5) is 0 Å². The minimum Gasteiger partial charge on any atom is -0.464 e. The Morgan fingerprint density at radius 1 is 1.25 bits per heavy atom. The molecule has 114 valence electrons. The highest BCUT2D eigenvalue weighted by molar-refractivity contribution is 5.87. The maximum Gasteiger partial charge on any atom is 0.328 e. The normalized spacial score (nSPS) is 18.4. The smallest absolute Gasteiger partial charge is 0.328 e. The van der Waals surface area contributed by atoms with Gasteiger partial charge in [0.1, 0.15) is 6.04 Å². The third-order valence-corrected chi connectivity index (χ3v) is 3.52. The average Bonchev–Trinajstić information content (AvgIpc) is 2.87. The summed E-state index contributed by atoms with van der Waals surface area (Å²) < 4.78 is 5.17. The lowest BCUT2D eigenvalue weighted by atomic mass is 10.1. The third kappa shape index (κ3) is 7.31. The van der Waals surface area contributed by atoms with Crippen molar-refractivity contribution in [3.63, 3.8) is 0 Å². The molecule has 1 rings (SSSR count). The molecular formula is C16H27NO3. The molecule has 0 aromatic heterocycles. The average molecular weight is 281 g/mol. The van der Waals surface area contributed by atoms with Gasteiger partial charge in [0.25, 0.3) is 0 Å². The first kappa shape index (κ1) is 16.7. The summed E-state index contributed by atoms with van der Waals surface area (Å²) in [6, 6.07) is -0.408. The molecule has 0 aromatic rings. The number of esters is 1. The zero-order valence-corrected chi connectivity index (χ0v) is 12.5. The zero-order chi connectivity index (χ0) is 14.6. The molecule has 1 amide bonds. The number of nitrogens with one attached hydrogen (secondary N) is 1. The van der Waals surface area contributed by atoms with Crippen LogP contribution < -0.4 is 5.32 Å². The summed E-state index contributed by atoms with van der Waals surface area (Å²) in [7, 11) is 0. The van der Waals surface area contributed by atoms with E-state index in [1.165, 1.54) is 32.1 Å². The standard InChI is InChI=1S/C16H27NO3/c1-2-3-4-5-6-7-8-9-10-13-20-16(19)14-11-12-15(18)17-14/h2-3,14H,4-13H2,1H3,(H,17,18)/b3-2+/t14-/m0/s1. The van der Waals surface area contributed by atoms with Gasteiger partial charge in [0.2, 0.25) is 5.91 Å². The van der Waals surface area contributed by atoms with E-state index in [4.69, 9.17) is 4.74 Å². The van der Waals surface area contributed by atoms with Gasteiger partial charge in [-0.05, 0) is 32.6 Å². The summed E-state index contributed by atoms with van der Waals surface area (Å²) in [4.78, 5) is 22.6. The molecule has 0 aliphatic carbocycles. The van der Waals surface area contributed by atoms with E-state index in [0.29, 0.717) is 19.4 Å². The van der Waals surface area contributed by atoms with E-state index in [1.807, 2.05) is 0 Å². The van der Waals surface area contributed by atoms with Crippen LogP contribution in [0.15, 0.2) is 12.2 Å². The SMILES string of the molecule is C/C=C/CCCCCCCCOC(=O)[C@@H]1CCC(=O)N1. The van der Waals surface area contributed by atoms with E-state index >= 15 is 0 Å². The molecular weight excluding hydrogens is 254 g/mol. The minimum absolute atomic E-state index is 0.0510. The highest BCUT2D eigenvalue weighted by Crippen LogP contribution is 2.10. The largest absolute Gasteiger partial charge is 0.464 e. The maximum absolute atomic E-state index is 11.6. The van der Waals surface area contributed by atoms with E-state index in [-0.39, 0.29) is 11.9 Å². The molecule has 0 radical (unpaired) electrons. The molecule has 0 saturated carbocycles. The fraction of sp³-hybridized carbons (Fsp3) is 0.750. The van der Waals surface area contributed by atoms with Gasteiger partial charge >= 0.3 is 5.97 Å². The zero-order valence-electron chi connectivity index (χ0n) is 12.5. The van der Waals surface area contributed by atoms with Crippen molar-refractivity contribution in [2.24, 2.45) is 0 Å². The number of ether oxygens (including phenoxy) is 1. The van der Waals surface area contributed by atoms with Crippen LogP contribution in [0.25, 0.3) is 0 Å². The summed E-state index contributed by atoms with van der Waals surface area (Å²) in [5, 5.41) is 2.62. The van der Waals surface area contributed by atoms with Crippen LogP contribution in [0.1, 0.15) is 64.7 Å². The topological polar surface area (TPSA) is 55.4 Å². The van der Waals surface area contributed by atoms with Crippen molar-refractivity contribution in [1.82, 2.24) is 5.32 Å². The third-order valence-electron chi connectivity index (χ3n) is 3.52. The van der Waals surface area contributed by atoms with Gasteiger partial charge in [0, 0.05) is 6.42 Å². The maximum atomic E-state index is 11.6. The molecule has 4 heteroatoms. The van der Waals surface area contributed by atoms with Crippen molar-refractivity contribution >= 4 is 11.9 Å². The van der Waals surface area contributed by atoms with Crippen LogP contribution in [0.3, 0.4) is 0 Å². The Kier molecular flexibility index (Phi) is 8.76. The van der Waals surface area contributed by atoms with E-state index < -0.39 is 6.04 Å². The van der Waals surface area contributed by atoms with Crippen molar-refractivity contribution in [3.05, 3.63) is 12.2 Å². The number of carbonyl (C=O) groups is 2. The summed E-state index contributed by atoms with van der Waals surface area (Å²) >= 11 is 0. The van der Waals surface area contributed by atoms with Crippen LogP contribution in [-0.2, 0) is 14.3 Å². The van der Waals surface area contributed by atoms with Crippen molar-refractivity contribution < 1.29 is 14.3 Å². The number of allylic oxidation sites excluding steroid dienone is 2. The summed E-state index contributed by atoms with van der Waals surface area (Å²) in [5.74, 6) is -0.327. The van der Waals surface area contributed by atoms with Crippen molar-refractivity contribution in [3.8, 4) is 0 Å². The predicted octanol–water partition coefficient (Wildman–Crippen LogP) is 3.12. The second kappa shape index (κ2) is 10.5. The van der Waals surface area contributed by atoms with Gasteiger partial charge in [-0.25, -0.2) is 4.79 Å². The number of unbranched alkanes of at least 4 members (excludes halogenated alkanes) is 6. The summed E-state index contributed by atoms with van der Waals surface area (Å²) in [6.45, 7) is 2.53. The Bertz CT molecular complexity index is 326. The first-order valence-electron chi connectivity index (χ1n) is 7.81. The fourth-order valence-electron chi connectivity index (χ4n) is 2.30. The van der Waals surface area contributed by atoms with Gasteiger partial charge in [-0.2, -0.15) is 0 Å². The van der Waals surface area contributed by atoms with E-state index in [1.54, 1.807) is 0 Å². The second-order valence-corrected chi connectivity index (χ2v) is 5.31. The molecule has 1 aliphatic heterocycles. The molecule has 0 bridgehead atoms. The lowest BCUT2D eigenvalue weighted by molar-refractivity contribution is -0.146. The van der Waals surface area contributed by atoms with E-state index in [9.17, 15) is 9.59 Å². The lowest BCUT2D eigenvalue weighted by Gasteiger charge is -2.09. The Morgan fingerprint density at radius 3 is 2.60 bits per heavy atom. The Hall–Kier alpha value is -1.32. The first-order chi connectivity index (χ1) is 9.74. The van der Waals surface area contributed by atoms with Gasteiger partial charge in [0.05, 0.1) is 6.61 Å². The molecule has 1 atom stereocenters. The molecule has 1 fully saturated rings. The summed E-state index contributed by atoms with van der Waals surface area (Å²) in [6.07, 6.45) is 13.5. The Labute approximate surface area is 122 Å². The van der Waals surface area contributed by atoms with Crippen molar-refractivity contribution in [2.75, 3.05) is 6.61 Å². The minimum atomic E-state index is -0.408. The van der Waals surface area contributed by atoms with Crippen LogP contribution in [0.5, 0.6) is 0 Å². The van der Waals surface area contributed by atoms with Crippen LogP contribution in [-0.4, -0.2) is 24.5 Å². The van der Waals surface area contributed by atoms with Crippen LogP contribution in [0.2, 0.25) is 0 Å². The van der Waals surface area contributed by atoms with Crippen molar-refractivity contribution in [2.45, 2.75) is 70.8 Å². The van der Waals surface area contributed by atoms with Gasteiger partial charge in [-0.3, -0.25) is 4.79 Å². The highest BCUT2D eigenvalue weighted by atomic mass is 16.5. The highest BCUT2D eigenvalue weighted by Gasteiger charge is 2.28. The van der Waals surface area contributed by atoms with E-state index in [2.05, 4.69) is 24.4 Å². The number of hydrogen-bond acceptors (Lipinski definition) is 3. The van der Waals surface area contributed by atoms with Gasteiger partial charge < -0.3 is 10.1 Å². The first-order valence-corrected chi connectivity index (χ1v) is 7.81. The van der Waals surface area contributed by atoms with Gasteiger partial charge in [0.15, 0.2) is 0 Å². The van der Waals surface area contributed by atoms with Gasteiger partial charge in [-0.15, -0.1) is 0 Å². The number of amides is 1. The quantitative estimate of drug-likeness (QED) is 0.380. The fourth-order valence-corrected chi connectivity index (χ4v) is 2.30. The Morgan fingerprint density at radius 2 is 1.95 bits per heavy atom. The monoisotopic (exact) mass is 281 g/mol. The molecule has 0 spiro atoms. The molecule has 0 unspecified atom stereocenters. The summed E-state index contributed by atoms with van der Waals surface area (Å²) in [5.41, 5.74) is 0. The lowest BCUT2D eigenvalue weighted by Crippen LogP contribution is -2.34. The van der Waals surface area contributed by atoms with Crippen molar-refractivity contribution in [1.29, 1.82) is 0 Å². The van der Waals surface area contributed by atoms with Crippen LogP contribution >= 0.6 is 0 Å². The molecule has 1 N–H and O–H groups in total. The number of rotatable bonds is 10. The predicted molar refractivity (Wildman–Crippen MR) is 79.3 cm³/mol.